The van der Waals surface area contributed by atoms with E-state index in [0.29, 0.717) is 12.0 Å². The van der Waals surface area contributed by atoms with E-state index in [4.69, 9.17) is 9.47 Å². The first-order chi connectivity index (χ1) is 10.7. The molecule has 0 N–H and O–H groups in total. The SMILES string of the molecule is COC(C)(C)CCOC(=O)OOOC(=O)c1ccc(C)cc1C. The molecule has 0 aliphatic rings. The Balaban J connectivity index is 2.30. The lowest BCUT2D eigenvalue weighted by atomic mass is 10.1. The van der Waals surface area contributed by atoms with E-state index in [1.54, 1.807) is 26.2 Å². The summed E-state index contributed by atoms with van der Waals surface area (Å²) in [5.74, 6) is -0.768. The summed E-state index contributed by atoms with van der Waals surface area (Å²) in [7, 11) is 1.56. The van der Waals surface area contributed by atoms with Crippen molar-refractivity contribution in [2.24, 2.45) is 0 Å². The molecule has 1 aromatic rings. The van der Waals surface area contributed by atoms with Crippen LogP contribution in [-0.4, -0.2) is 31.4 Å². The Labute approximate surface area is 135 Å². The number of rotatable bonds is 7. The Bertz CT molecular complexity index is 551. The van der Waals surface area contributed by atoms with Crippen LogP contribution in [0.3, 0.4) is 0 Å². The molecule has 7 nitrogen and oxygen atoms in total. The fraction of sp³-hybridized carbons (Fsp3) is 0.500. The second-order valence-electron chi connectivity index (χ2n) is 5.65. The van der Waals surface area contributed by atoms with Gasteiger partial charge in [-0.05, 0) is 39.3 Å². The van der Waals surface area contributed by atoms with Gasteiger partial charge in [-0.15, -0.1) is 0 Å². The third-order valence-corrected chi connectivity index (χ3v) is 3.29. The van der Waals surface area contributed by atoms with Crippen molar-refractivity contribution in [2.75, 3.05) is 13.7 Å². The fourth-order valence-corrected chi connectivity index (χ4v) is 1.67. The molecule has 0 saturated heterocycles. The molecule has 0 aliphatic carbocycles. The van der Waals surface area contributed by atoms with Crippen molar-refractivity contribution in [1.29, 1.82) is 0 Å². The van der Waals surface area contributed by atoms with Crippen molar-refractivity contribution in [3.05, 3.63) is 34.9 Å². The van der Waals surface area contributed by atoms with Gasteiger partial charge in [0.1, 0.15) is 0 Å². The summed E-state index contributed by atoms with van der Waals surface area (Å²) in [4.78, 5) is 31.6. The summed E-state index contributed by atoms with van der Waals surface area (Å²) >= 11 is 0. The molecule has 0 atom stereocenters. The van der Waals surface area contributed by atoms with Crippen LogP contribution < -0.4 is 0 Å². The van der Waals surface area contributed by atoms with Gasteiger partial charge in [0.15, 0.2) is 0 Å². The van der Waals surface area contributed by atoms with Crippen molar-refractivity contribution in [3.8, 4) is 0 Å². The monoisotopic (exact) mass is 326 g/mol. The van der Waals surface area contributed by atoms with E-state index in [1.807, 2.05) is 26.8 Å². The second-order valence-corrected chi connectivity index (χ2v) is 5.65. The van der Waals surface area contributed by atoms with Gasteiger partial charge in [-0.3, -0.25) is 4.89 Å². The first kappa shape index (κ1) is 18.9. The average molecular weight is 326 g/mol. The molecule has 1 aromatic carbocycles. The van der Waals surface area contributed by atoms with Crippen molar-refractivity contribution in [3.63, 3.8) is 0 Å². The lowest BCUT2D eigenvalue weighted by Gasteiger charge is -2.21. The van der Waals surface area contributed by atoms with E-state index in [0.717, 1.165) is 11.1 Å². The third-order valence-electron chi connectivity index (χ3n) is 3.29. The molecule has 0 spiro atoms. The maximum absolute atomic E-state index is 11.7. The molecule has 128 valence electrons. The Morgan fingerprint density at radius 1 is 1.13 bits per heavy atom. The van der Waals surface area contributed by atoms with E-state index >= 15 is 0 Å². The van der Waals surface area contributed by atoms with Gasteiger partial charge >= 0.3 is 12.1 Å². The van der Waals surface area contributed by atoms with E-state index < -0.39 is 17.7 Å². The number of benzene rings is 1. The lowest BCUT2D eigenvalue weighted by Crippen LogP contribution is -2.25. The maximum Gasteiger partial charge on any atom is 0.543 e. The molecule has 0 aliphatic heterocycles. The number of ether oxygens (including phenoxy) is 2. The van der Waals surface area contributed by atoms with Crippen LogP contribution in [0.25, 0.3) is 0 Å². The lowest BCUT2D eigenvalue weighted by molar-refractivity contribution is -0.452. The predicted octanol–water partition coefficient (Wildman–Crippen LogP) is 3.28. The topological polar surface area (TPSA) is 80.3 Å². The van der Waals surface area contributed by atoms with Gasteiger partial charge in [0.25, 0.3) is 0 Å². The largest absolute Gasteiger partial charge is 0.543 e. The molecule has 0 saturated carbocycles. The maximum atomic E-state index is 11.7. The quantitative estimate of drug-likeness (QED) is 0.432. The molecule has 0 radical (unpaired) electrons. The summed E-state index contributed by atoms with van der Waals surface area (Å²) < 4.78 is 9.92. The highest BCUT2D eigenvalue weighted by molar-refractivity contribution is 5.90. The van der Waals surface area contributed by atoms with Crippen molar-refractivity contribution < 1.29 is 33.9 Å². The Kier molecular flexibility index (Phi) is 6.99. The van der Waals surface area contributed by atoms with Crippen LogP contribution in [0.1, 0.15) is 41.8 Å². The first-order valence-corrected chi connectivity index (χ1v) is 7.10. The van der Waals surface area contributed by atoms with Crippen LogP contribution in [0, 0.1) is 13.8 Å². The van der Waals surface area contributed by atoms with Crippen LogP contribution in [0.5, 0.6) is 0 Å². The van der Waals surface area contributed by atoms with E-state index in [1.165, 1.54) is 0 Å². The minimum Gasteiger partial charge on any atom is -0.432 e. The highest BCUT2D eigenvalue weighted by Crippen LogP contribution is 2.13. The van der Waals surface area contributed by atoms with Crippen molar-refractivity contribution >= 4 is 12.1 Å². The van der Waals surface area contributed by atoms with E-state index in [2.05, 4.69) is 14.8 Å². The van der Waals surface area contributed by atoms with Gasteiger partial charge in [-0.25, -0.2) is 14.5 Å². The number of carbonyl (C=O) groups excluding carboxylic acids is 2. The summed E-state index contributed by atoms with van der Waals surface area (Å²) in [6, 6.07) is 5.18. The van der Waals surface area contributed by atoms with Gasteiger partial charge in [0.2, 0.25) is 0 Å². The Morgan fingerprint density at radius 3 is 2.43 bits per heavy atom. The second kappa shape index (κ2) is 8.50. The smallest absolute Gasteiger partial charge is 0.432 e. The minimum atomic E-state index is -1.11. The standard InChI is InChI=1S/C16H22O7/c1-11-6-7-13(12(2)10-11)14(17)21-23-22-15(18)20-9-8-16(3,4)19-5/h6-7,10H,8-9H2,1-5H3. The summed E-state index contributed by atoms with van der Waals surface area (Å²) in [6.45, 7) is 7.45. The fourth-order valence-electron chi connectivity index (χ4n) is 1.67. The molecular formula is C16H22O7. The zero-order valence-corrected chi connectivity index (χ0v) is 14.0. The minimum absolute atomic E-state index is 0.0774. The van der Waals surface area contributed by atoms with Crippen LogP contribution in [0.4, 0.5) is 4.79 Å². The number of hydrogen-bond acceptors (Lipinski definition) is 7. The molecule has 0 bridgehead atoms. The van der Waals surface area contributed by atoms with Gasteiger partial charge in [-0.2, -0.15) is 0 Å². The zero-order valence-electron chi connectivity index (χ0n) is 14.0. The van der Waals surface area contributed by atoms with E-state index in [-0.39, 0.29) is 6.61 Å². The first-order valence-electron chi connectivity index (χ1n) is 7.10. The average Bonchev–Trinajstić information content (AvgIpc) is 2.46. The molecular weight excluding hydrogens is 304 g/mol. The number of hydrogen-bond donors (Lipinski definition) is 0. The van der Waals surface area contributed by atoms with Crippen molar-refractivity contribution in [1.82, 2.24) is 0 Å². The Morgan fingerprint density at radius 2 is 1.83 bits per heavy atom. The predicted molar refractivity (Wildman–Crippen MR) is 80.6 cm³/mol. The summed E-state index contributed by atoms with van der Waals surface area (Å²) in [5.41, 5.74) is 1.63. The molecule has 0 fully saturated rings. The number of methoxy groups -OCH3 is 1. The number of aryl methyl sites for hydroxylation is 2. The molecule has 7 heteroatoms. The highest BCUT2D eigenvalue weighted by Gasteiger charge is 2.18. The van der Waals surface area contributed by atoms with Gasteiger partial charge in [-0.1, -0.05) is 17.7 Å². The molecule has 0 aromatic heterocycles. The van der Waals surface area contributed by atoms with Crippen LogP contribution in [-0.2, 0) is 24.3 Å². The molecule has 23 heavy (non-hydrogen) atoms. The van der Waals surface area contributed by atoms with Gasteiger partial charge in [0.05, 0.1) is 22.8 Å². The highest BCUT2D eigenvalue weighted by atomic mass is 17.5. The van der Waals surface area contributed by atoms with Gasteiger partial charge in [0, 0.05) is 13.5 Å². The van der Waals surface area contributed by atoms with Gasteiger partial charge < -0.3 is 9.47 Å². The van der Waals surface area contributed by atoms with Crippen LogP contribution in [0.2, 0.25) is 0 Å². The summed E-state index contributed by atoms with van der Waals surface area (Å²) in [6.07, 6.45) is -0.633. The molecule has 0 heterocycles. The van der Waals surface area contributed by atoms with Crippen molar-refractivity contribution in [2.45, 2.75) is 39.7 Å². The third kappa shape index (κ3) is 6.66. The molecule has 0 unspecified atom stereocenters. The zero-order chi connectivity index (χ0) is 17.5. The van der Waals surface area contributed by atoms with E-state index in [9.17, 15) is 9.59 Å². The number of carbonyl (C=O) groups is 2. The normalized spacial score (nSPS) is 11.0. The Hall–Kier alpha value is -2.12. The van der Waals surface area contributed by atoms with Crippen LogP contribution in [0.15, 0.2) is 18.2 Å². The summed E-state index contributed by atoms with van der Waals surface area (Å²) in [5, 5.41) is 4.15. The molecule has 0 amide bonds. The van der Waals surface area contributed by atoms with Crippen LogP contribution >= 0.6 is 0 Å². The molecule has 1 rings (SSSR count).